The van der Waals surface area contributed by atoms with E-state index in [9.17, 15) is 4.79 Å². The van der Waals surface area contributed by atoms with Crippen molar-refractivity contribution in [3.63, 3.8) is 0 Å². The molecule has 66 valence electrons. The Bertz CT molecular complexity index is 243. The highest BCUT2D eigenvalue weighted by Crippen LogP contribution is 1.97. The molecule has 0 fully saturated rings. The molecule has 0 amide bonds. The fourth-order valence-electron chi connectivity index (χ4n) is 0.937. The van der Waals surface area contributed by atoms with Crippen molar-refractivity contribution in [2.75, 3.05) is 7.11 Å². The minimum absolute atomic E-state index is 0.346. The van der Waals surface area contributed by atoms with Gasteiger partial charge < -0.3 is 14.4 Å². The van der Waals surface area contributed by atoms with Crippen LogP contribution in [-0.4, -0.2) is 28.9 Å². The molecule has 12 heavy (non-hydrogen) atoms. The first kappa shape index (κ1) is 8.80. The van der Waals surface area contributed by atoms with Gasteiger partial charge in [-0.1, -0.05) is 0 Å². The van der Waals surface area contributed by atoms with Crippen molar-refractivity contribution in [1.82, 2.24) is 4.57 Å². The number of carboxylic acids is 1. The van der Waals surface area contributed by atoms with E-state index in [1.807, 2.05) is 12.1 Å². The summed E-state index contributed by atoms with van der Waals surface area (Å²) in [5, 5.41) is 8.63. The van der Waals surface area contributed by atoms with E-state index in [4.69, 9.17) is 9.84 Å². The summed E-state index contributed by atoms with van der Waals surface area (Å²) in [7, 11) is 1.39. The molecular formula is C8H11NO3. The molecule has 4 nitrogen and oxygen atoms in total. The number of nitrogens with zero attached hydrogens (tertiary/aromatic N) is 1. The van der Waals surface area contributed by atoms with Crippen LogP contribution in [0.5, 0.6) is 0 Å². The number of hydrogen-bond acceptors (Lipinski definition) is 2. The summed E-state index contributed by atoms with van der Waals surface area (Å²) in [5.41, 5.74) is 0. The summed E-state index contributed by atoms with van der Waals surface area (Å²) < 4.78 is 6.53. The molecule has 0 aromatic carbocycles. The van der Waals surface area contributed by atoms with Gasteiger partial charge in [-0.3, -0.25) is 0 Å². The Morgan fingerprint density at radius 1 is 1.58 bits per heavy atom. The van der Waals surface area contributed by atoms with Crippen LogP contribution in [-0.2, 0) is 16.1 Å². The monoisotopic (exact) mass is 169 g/mol. The molecule has 0 aliphatic carbocycles. The van der Waals surface area contributed by atoms with E-state index in [0.29, 0.717) is 6.54 Å². The van der Waals surface area contributed by atoms with Gasteiger partial charge in [0.1, 0.15) is 0 Å². The molecule has 0 bridgehead atoms. The average molecular weight is 169 g/mol. The van der Waals surface area contributed by atoms with Crippen molar-refractivity contribution in [2.45, 2.75) is 12.6 Å². The summed E-state index contributed by atoms with van der Waals surface area (Å²) >= 11 is 0. The van der Waals surface area contributed by atoms with E-state index >= 15 is 0 Å². The van der Waals surface area contributed by atoms with E-state index in [2.05, 4.69) is 0 Å². The average Bonchev–Trinajstić information content (AvgIpc) is 2.51. The van der Waals surface area contributed by atoms with Crippen LogP contribution >= 0.6 is 0 Å². The first-order valence-corrected chi connectivity index (χ1v) is 3.60. The van der Waals surface area contributed by atoms with Gasteiger partial charge in [0, 0.05) is 19.5 Å². The Morgan fingerprint density at radius 2 is 2.17 bits per heavy atom. The third-order valence-electron chi connectivity index (χ3n) is 1.60. The maximum absolute atomic E-state index is 10.5. The second-order valence-electron chi connectivity index (χ2n) is 2.44. The normalized spacial score (nSPS) is 12.8. The third kappa shape index (κ3) is 2.10. The van der Waals surface area contributed by atoms with E-state index in [-0.39, 0.29) is 0 Å². The zero-order chi connectivity index (χ0) is 8.97. The Labute approximate surface area is 70.4 Å². The number of aromatic nitrogens is 1. The number of rotatable bonds is 4. The third-order valence-corrected chi connectivity index (χ3v) is 1.60. The first-order chi connectivity index (χ1) is 5.74. The topological polar surface area (TPSA) is 51.5 Å². The molecule has 0 spiro atoms. The standard InChI is InChI=1S/C8H11NO3/c1-12-7(8(10)11)6-9-4-2-3-5-9/h2-5,7H,6H2,1H3,(H,10,11). The van der Waals surface area contributed by atoms with E-state index in [1.165, 1.54) is 7.11 Å². The fraction of sp³-hybridized carbons (Fsp3) is 0.375. The molecule has 0 aliphatic heterocycles. The van der Waals surface area contributed by atoms with Gasteiger partial charge in [-0.25, -0.2) is 4.79 Å². The van der Waals surface area contributed by atoms with Crippen LogP contribution in [0.4, 0.5) is 0 Å². The van der Waals surface area contributed by atoms with Gasteiger partial charge in [-0.15, -0.1) is 0 Å². The lowest BCUT2D eigenvalue weighted by Crippen LogP contribution is -2.27. The minimum Gasteiger partial charge on any atom is -0.479 e. The van der Waals surface area contributed by atoms with Gasteiger partial charge in [0.25, 0.3) is 0 Å². The van der Waals surface area contributed by atoms with Gasteiger partial charge >= 0.3 is 5.97 Å². The van der Waals surface area contributed by atoms with Crippen molar-refractivity contribution < 1.29 is 14.6 Å². The van der Waals surface area contributed by atoms with Crippen LogP contribution in [0.2, 0.25) is 0 Å². The molecule has 1 rings (SSSR count). The highest BCUT2D eigenvalue weighted by Gasteiger charge is 2.15. The molecular weight excluding hydrogens is 158 g/mol. The first-order valence-electron chi connectivity index (χ1n) is 3.60. The zero-order valence-corrected chi connectivity index (χ0v) is 6.80. The summed E-state index contributed by atoms with van der Waals surface area (Å²) in [6.45, 7) is 0.346. The van der Waals surface area contributed by atoms with Crippen molar-refractivity contribution in [1.29, 1.82) is 0 Å². The van der Waals surface area contributed by atoms with Crippen LogP contribution in [0.3, 0.4) is 0 Å². The zero-order valence-electron chi connectivity index (χ0n) is 6.80. The Balaban J connectivity index is 2.54. The number of hydrogen-bond donors (Lipinski definition) is 1. The maximum atomic E-state index is 10.5. The molecule has 0 saturated heterocycles. The van der Waals surface area contributed by atoms with Crippen molar-refractivity contribution >= 4 is 5.97 Å². The van der Waals surface area contributed by atoms with Crippen LogP contribution in [0.1, 0.15) is 0 Å². The quantitative estimate of drug-likeness (QED) is 0.717. The van der Waals surface area contributed by atoms with Gasteiger partial charge in [-0.2, -0.15) is 0 Å². The molecule has 0 radical (unpaired) electrons. The van der Waals surface area contributed by atoms with Gasteiger partial charge in [0.2, 0.25) is 0 Å². The fourth-order valence-corrected chi connectivity index (χ4v) is 0.937. The summed E-state index contributed by atoms with van der Waals surface area (Å²) in [6.07, 6.45) is 2.83. The number of aliphatic carboxylic acids is 1. The summed E-state index contributed by atoms with van der Waals surface area (Å²) in [5.74, 6) is -0.939. The summed E-state index contributed by atoms with van der Waals surface area (Å²) in [4.78, 5) is 10.5. The number of methoxy groups -OCH3 is 1. The molecule has 1 atom stereocenters. The predicted octanol–water partition coefficient (Wildman–Crippen LogP) is 0.588. The van der Waals surface area contributed by atoms with Gasteiger partial charge in [0.05, 0.1) is 6.54 Å². The molecule has 1 aromatic heterocycles. The molecule has 1 unspecified atom stereocenters. The molecule has 4 heteroatoms. The predicted molar refractivity (Wildman–Crippen MR) is 42.9 cm³/mol. The minimum atomic E-state index is -0.939. The Morgan fingerprint density at radius 3 is 2.58 bits per heavy atom. The highest BCUT2D eigenvalue weighted by atomic mass is 16.5. The number of carboxylic acid groups (broad SMARTS) is 1. The molecule has 1 N–H and O–H groups in total. The Hall–Kier alpha value is -1.29. The van der Waals surface area contributed by atoms with Crippen LogP contribution in [0.25, 0.3) is 0 Å². The molecule has 0 aliphatic rings. The SMILES string of the molecule is COC(Cn1cccc1)C(=O)O. The van der Waals surface area contributed by atoms with Crippen LogP contribution in [0.15, 0.2) is 24.5 Å². The second kappa shape index (κ2) is 3.92. The Kier molecular flexibility index (Phi) is 2.88. The van der Waals surface area contributed by atoms with Crippen molar-refractivity contribution in [3.05, 3.63) is 24.5 Å². The number of carbonyl (C=O) groups is 1. The number of ether oxygens (including phenoxy) is 1. The summed E-state index contributed by atoms with van der Waals surface area (Å²) in [6, 6.07) is 3.68. The molecule has 0 saturated carbocycles. The van der Waals surface area contributed by atoms with E-state index in [0.717, 1.165) is 0 Å². The lowest BCUT2D eigenvalue weighted by molar-refractivity contribution is -0.149. The highest BCUT2D eigenvalue weighted by molar-refractivity contribution is 5.72. The van der Waals surface area contributed by atoms with E-state index in [1.54, 1.807) is 17.0 Å². The van der Waals surface area contributed by atoms with Crippen molar-refractivity contribution in [2.24, 2.45) is 0 Å². The molecule has 1 aromatic rings. The van der Waals surface area contributed by atoms with E-state index < -0.39 is 12.1 Å². The van der Waals surface area contributed by atoms with Crippen LogP contribution < -0.4 is 0 Å². The van der Waals surface area contributed by atoms with Gasteiger partial charge in [-0.05, 0) is 12.1 Å². The second-order valence-corrected chi connectivity index (χ2v) is 2.44. The van der Waals surface area contributed by atoms with Gasteiger partial charge in [0.15, 0.2) is 6.10 Å². The smallest absolute Gasteiger partial charge is 0.334 e. The van der Waals surface area contributed by atoms with Crippen LogP contribution in [0, 0.1) is 0 Å². The molecule has 1 heterocycles. The lowest BCUT2D eigenvalue weighted by atomic mass is 10.3. The van der Waals surface area contributed by atoms with Crippen molar-refractivity contribution in [3.8, 4) is 0 Å². The maximum Gasteiger partial charge on any atom is 0.334 e. The largest absolute Gasteiger partial charge is 0.479 e. The lowest BCUT2D eigenvalue weighted by Gasteiger charge is -2.10.